The molecule has 0 unspecified atom stereocenters. The van der Waals surface area contributed by atoms with Gasteiger partial charge in [0.2, 0.25) is 5.43 Å². The number of fused-ring (bicyclic) bond motifs is 1. The lowest BCUT2D eigenvalue weighted by molar-refractivity contribution is 0.101. The summed E-state index contributed by atoms with van der Waals surface area (Å²) in [6.07, 6.45) is 2.78. The summed E-state index contributed by atoms with van der Waals surface area (Å²) in [6.45, 7) is 1.38. The Balaban J connectivity index is 2.78. The summed E-state index contributed by atoms with van der Waals surface area (Å²) in [7, 11) is 0. The normalized spacial score (nSPS) is 13.8. The number of ketones is 1. The molecule has 0 amide bonds. The van der Waals surface area contributed by atoms with Crippen LogP contribution in [0.1, 0.15) is 48.7 Å². The smallest absolute Gasteiger partial charge is 0.201 e. The van der Waals surface area contributed by atoms with Crippen LogP contribution in [-0.4, -0.2) is 10.8 Å². The summed E-state index contributed by atoms with van der Waals surface area (Å²) in [4.78, 5) is 27.6. The second kappa shape index (κ2) is 6.59. The van der Waals surface area contributed by atoms with Crippen molar-refractivity contribution >= 4 is 42.8 Å². The number of Topliss-reactive ketones (excluding diaryl/α,β-unsaturated/α-hetero) is 1. The van der Waals surface area contributed by atoms with Crippen LogP contribution in [0.25, 0.3) is 9.51 Å². The third-order valence-electron chi connectivity index (χ3n) is 3.46. The number of nitriles is 1. The highest BCUT2D eigenvalue weighted by Crippen LogP contribution is 2.21. The molecule has 1 heterocycles. The zero-order valence-corrected chi connectivity index (χ0v) is 13.9. The number of aromatic amines is 1. The summed E-state index contributed by atoms with van der Waals surface area (Å²) in [5.41, 5.74) is 0.432. The van der Waals surface area contributed by atoms with Crippen LogP contribution in [0.15, 0.2) is 4.79 Å². The van der Waals surface area contributed by atoms with Gasteiger partial charge in [-0.15, -0.1) is 0 Å². The van der Waals surface area contributed by atoms with Gasteiger partial charge in [0.15, 0.2) is 5.78 Å². The molecule has 0 atom stereocenters. The molecule has 6 heteroatoms. The third-order valence-corrected chi connectivity index (χ3v) is 4.63. The number of nitrogens with zero attached hydrogens (tertiary/aromatic N) is 1. The van der Waals surface area contributed by atoms with Gasteiger partial charge in [-0.25, -0.2) is 0 Å². The highest BCUT2D eigenvalue weighted by atomic mass is 79.9. The minimum absolute atomic E-state index is 0.159. The monoisotopic (exact) mass is 368 g/mol. The fraction of sp³-hybridized carbons (Fsp3) is 0.400. The predicted molar refractivity (Wildman–Crippen MR) is 85.7 cm³/mol. The summed E-state index contributed by atoms with van der Waals surface area (Å²) >= 11 is 9.65. The van der Waals surface area contributed by atoms with E-state index in [1.165, 1.54) is 6.92 Å². The molecule has 1 aliphatic rings. The number of rotatable bonds is 4. The molecule has 110 valence electrons. The van der Waals surface area contributed by atoms with E-state index < -0.39 is 0 Å². The lowest BCUT2D eigenvalue weighted by Crippen LogP contribution is -2.48. The first-order chi connectivity index (χ1) is 9.97. The number of halogens is 2. The minimum Gasteiger partial charge on any atom is -0.357 e. The number of pyridine rings is 1. The molecule has 0 saturated heterocycles. The molecule has 1 aliphatic carbocycles. The molecular weight excluding hydrogens is 356 g/mol. The molecule has 21 heavy (non-hydrogen) atoms. The van der Waals surface area contributed by atoms with Crippen LogP contribution in [0.4, 0.5) is 0 Å². The highest BCUT2D eigenvalue weighted by molar-refractivity contribution is 9.14. The number of carbonyl (C=O) groups is 1. The number of H-pyrrole nitrogens is 1. The van der Waals surface area contributed by atoms with Crippen LogP contribution in [0, 0.1) is 11.3 Å². The van der Waals surface area contributed by atoms with Gasteiger partial charge in [-0.1, -0.05) is 27.5 Å². The summed E-state index contributed by atoms with van der Waals surface area (Å²) in [5.74, 6) is -0.280. The zero-order chi connectivity index (χ0) is 15.6. The van der Waals surface area contributed by atoms with Crippen molar-refractivity contribution in [3.8, 4) is 6.07 Å². The van der Waals surface area contributed by atoms with Crippen LogP contribution in [0.3, 0.4) is 0 Å². The van der Waals surface area contributed by atoms with Gasteiger partial charge in [0.1, 0.15) is 0 Å². The van der Waals surface area contributed by atoms with E-state index in [2.05, 4.69) is 27.0 Å². The van der Waals surface area contributed by atoms with Gasteiger partial charge in [0.25, 0.3) is 0 Å². The molecule has 2 rings (SSSR count). The second-order valence-corrected chi connectivity index (χ2v) is 6.35. The molecule has 0 aliphatic heterocycles. The second-order valence-electron chi connectivity index (χ2n) is 4.94. The van der Waals surface area contributed by atoms with Crippen molar-refractivity contribution in [1.82, 2.24) is 4.98 Å². The molecule has 1 N–H and O–H groups in total. The third kappa shape index (κ3) is 3.12. The lowest BCUT2D eigenvalue weighted by Gasteiger charge is -2.12. The van der Waals surface area contributed by atoms with Crippen molar-refractivity contribution in [3.05, 3.63) is 32.0 Å². The quantitative estimate of drug-likeness (QED) is 0.652. The van der Waals surface area contributed by atoms with E-state index >= 15 is 0 Å². The van der Waals surface area contributed by atoms with Gasteiger partial charge in [-0.2, -0.15) is 5.26 Å². The van der Waals surface area contributed by atoms with Crippen molar-refractivity contribution in [2.45, 2.75) is 39.0 Å². The Morgan fingerprint density at radius 2 is 2.19 bits per heavy atom. The van der Waals surface area contributed by atoms with E-state index in [0.717, 1.165) is 10.9 Å². The zero-order valence-electron chi connectivity index (χ0n) is 11.6. The molecule has 0 aromatic carbocycles. The summed E-state index contributed by atoms with van der Waals surface area (Å²) in [6, 6.07) is 2.06. The van der Waals surface area contributed by atoms with Crippen molar-refractivity contribution in [2.24, 2.45) is 0 Å². The number of unbranched alkanes of at least 4 members (excludes halogenated alkanes) is 1. The summed E-state index contributed by atoms with van der Waals surface area (Å²) < 4.78 is 0.885. The van der Waals surface area contributed by atoms with Gasteiger partial charge in [0.05, 0.1) is 22.2 Å². The van der Waals surface area contributed by atoms with Gasteiger partial charge < -0.3 is 4.98 Å². The maximum atomic E-state index is 12.6. The van der Waals surface area contributed by atoms with Crippen LogP contribution < -0.4 is 16.0 Å². The van der Waals surface area contributed by atoms with E-state index in [1.807, 2.05) is 0 Å². The first kappa shape index (κ1) is 16.0. The molecule has 0 fully saturated rings. The lowest BCUT2D eigenvalue weighted by atomic mass is 10.0. The fourth-order valence-electron chi connectivity index (χ4n) is 2.49. The molecule has 1 aromatic heterocycles. The molecule has 0 radical (unpaired) electrons. The Labute approximate surface area is 135 Å². The largest absolute Gasteiger partial charge is 0.357 e. The average molecular weight is 370 g/mol. The molecule has 0 bridgehead atoms. The first-order valence-electron chi connectivity index (χ1n) is 6.67. The number of carbonyl (C=O) groups excluding carboxylic acids is 1. The van der Waals surface area contributed by atoms with E-state index in [0.29, 0.717) is 47.0 Å². The first-order valence-corrected chi connectivity index (χ1v) is 7.84. The number of hydrogen-bond acceptors (Lipinski definition) is 3. The van der Waals surface area contributed by atoms with E-state index in [1.54, 1.807) is 0 Å². The van der Waals surface area contributed by atoms with Crippen LogP contribution >= 0.6 is 27.5 Å². The Morgan fingerprint density at radius 1 is 1.48 bits per heavy atom. The van der Waals surface area contributed by atoms with Crippen LogP contribution in [0.2, 0.25) is 0 Å². The minimum atomic E-state index is -0.315. The van der Waals surface area contributed by atoms with Gasteiger partial charge in [0, 0.05) is 21.6 Å². The van der Waals surface area contributed by atoms with E-state index in [9.17, 15) is 9.59 Å². The van der Waals surface area contributed by atoms with E-state index in [-0.39, 0.29) is 16.8 Å². The number of hydrogen-bond donors (Lipinski definition) is 1. The Hall–Kier alpha value is -1.38. The Kier molecular flexibility index (Phi) is 5.02. The van der Waals surface area contributed by atoms with E-state index in [4.69, 9.17) is 16.9 Å². The summed E-state index contributed by atoms with van der Waals surface area (Å²) in [5, 5.41) is 10.2. The topological polar surface area (TPSA) is 73.7 Å². The maximum Gasteiger partial charge on any atom is 0.201 e. The Bertz CT molecular complexity index is 818. The molecular formula is C15H14BrClN2O2. The Morgan fingerprint density at radius 3 is 2.81 bits per heavy atom. The van der Waals surface area contributed by atoms with Gasteiger partial charge >= 0.3 is 0 Å². The molecule has 1 aromatic rings. The number of aryl methyl sites for hydroxylation is 1. The van der Waals surface area contributed by atoms with Crippen molar-refractivity contribution in [1.29, 1.82) is 5.26 Å². The van der Waals surface area contributed by atoms with Gasteiger partial charge in [-0.05, 0) is 32.6 Å². The molecule has 4 nitrogen and oxygen atoms in total. The number of nitrogens with one attached hydrogen (secondary N) is 1. The van der Waals surface area contributed by atoms with Crippen LogP contribution in [0.5, 0.6) is 0 Å². The molecule has 0 spiro atoms. The maximum absolute atomic E-state index is 12.6. The average Bonchev–Trinajstić information content (AvgIpc) is 2.42. The van der Waals surface area contributed by atoms with Crippen LogP contribution in [-0.2, 0) is 6.42 Å². The highest BCUT2D eigenvalue weighted by Gasteiger charge is 2.19. The molecule has 0 saturated carbocycles. The standard InChI is InChI=1S/C15H14BrClN2O2/c1-8(20)12-11(4-2-3-7-18)19-14-9(16)5-6-10(17)13(14)15(12)21/h19H,2-6H2,1H3. The van der Waals surface area contributed by atoms with Crippen molar-refractivity contribution in [3.63, 3.8) is 0 Å². The van der Waals surface area contributed by atoms with Crippen molar-refractivity contribution in [2.75, 3.05) is 0 Å². The predicted octanol–water partition coefficient (Wildman–Crippen LogP) is 2.07. The van der Waals surface area contributed by atoms with Crippen molar-refractivity contribution < 1.29 is 4.79 Å². The SMILES string of the molecule is CC(=O)c1c(CCCC#N)[nH]c2c(c1=O)=C(Cl)CCC=2Br. The number of aromatic nitrogens is 1. The fourth-order valence-corrected chi connectivity index (χ4v) is 3.26. The van der Waals surface area contributed by atoms with Gasteiger partial charge in [-0.3, -0.25) is 9.59 Å².